The second-order valence-corrected chi connectivity index (χ2v) is 1.99. The third-order valence-electron chi connectivity index (χ3n) is 1.19. The van der Waals surface area contributed by atoms with Gasteiger partial charge in [-0.15, -0.1) is 0 Å². The maximum absolute atomic E-state index is 10.2. The molecule has 0 aliphatic heterocycles. The maximum Gasteiger partial charge on any atom is 0.151 e. The van der Waals surface area contributed by atoms with E-state index in [2.05, 4.69) is 0 Å². The molecule has 1 aromatic heterocycles. The highest BCUT2D eigenvalue weighted by Gasteiger charge is 1.91. The van der Waals surface area contributed by atoms with Gasteiger partial charge in [0.15, 0.2) is 6.29 Å². The lowest BCUT2D eigenvalue weighted by Gasteiger charge is -1.96. The molecule has 0 saturated heterocycles. The summed E-state index contributed by atoms with van der Waals surface area (Å²) in [5.74, 6) is 0. The molecule has 3 heteroatoms. The van der Waals surface area contributed by atoms with Gasteiger partial charge in [0.25, 0.3) is 0 Å². The number of methoxy groups -OCH3 is 1. The van der Waals surface area contributed by atoms with Gasteiger partial charge in [-0.05, 0) is 6.07 Å². The Morgan fingerprint density at radius 3 is 3.10 bits per heavy atom. The lowest BCUT2D eigenvalue weighted by Crippen LogP contribution is -1.94. The van der Waals surface area contributed by atoms with Gasteiger partial charge in [-0.1, -0.05) is 0 Å². The van der Waals surface area contributed by atoms with Crippen molar-refractivity contribution in [2.75, 3.05) is 7.11 Å². The van der Waals surface area contributed by atoms with Gasteiger partial charge < -0.3 is 9.30 Å². The molecule has 0 amide bonds. The van der Waals surface area contributed by atoms with Crippen molar-refractivity contribution in [2.45, 2.75) is 6.73 Å². The van der Waals surface area contributed by atoms with Gasteiger partial charge in [-0.3, -0.25) is 4.79 Å². The average molecular weight is 139 g/mol. The van der Waals surface area contributed by atoms with Crippen molar-refractivity contribution in [1.82, 2.24) is 4.57 Å². The van der Waals surface area contributed by atoms with E-state index in [1.54, 1.807) is 30.1 Å². The minimum absolute atomic E-state index is 0.494. The molecule has 10 heavy (non-hydrogen) atoms. The van der Waals surface area contributed by atoms with E-state index in [0.29, 0.717) is 12.3 Å². The quantitative estimate of drug-likeness (QED) is 0.583. The summed E-state index contributed by atoms with van der Waals surface area (Å²) in [7, 11) is 1.61. The van der Waals surface area contributed by atoms with Gasteiger partial charge in [0.1, 0.15) is 6.73 Å². The van der Waals surface area contributed by atoms with E-state index in [1.165, 1.54) is 0 Å². The minimum Gasteiger partial charge on any atom is -0.364 e. The van der Waals surface area contributed by atoms with Gasteiger partial charge >= 0.3 is 0 Å². The summed E-state index contributed by atoms with van der Waals surface area (Å²) in [5, 5.41) is 0. The van der Waals surface area contributed by atoms with E-state index in [0.717, 1.165) is 6.29 Å². The van der Waals surface area contributed by atoms with Crippen LogP contribution in [-0.2, 0) is 11.5 Å². The molecule has 0 atom stereocenters. The first-order valence-corrected chi connectivity index (χ1v) is 2.96. The molecule has 1 rings (SSSR count). The van der Waals surface area contributed by atoms with Crippen LogP contribution in [0.2, 0.25) is 0 Å². The van der Waals surface area contributed by atoms with Crippen LogP contribution in [0.1, 0.15) is 10.4 Å². The van der Waals surface area contributed by atoms with E-state index in [1.807, 2.05) is 0 Å². The van der Waals surface area contributed by atoms with Crippen molar-refractivity contribution in [3.63, 3.8) is 0 Å². The number of nitrogens with zero attached hydrogens (tertiary/aromatic N) is 1. The number of ether oxygens (including phenoxy) is 1. The summed E-state index contributed by atoms with van der Waals surface area (Å²) in [4.78, 5) is 10.2. The Balaban J connectivity index is 2.68. The van der Waals surface area contributed by atoms with Crippen LogP contribution in [0.5, 0.6) is 0 Å². The van der Waals surface area contributed by atoms with Crippen molar-refractivity contribution in [1.29, 1.82) is 0 Å². The number of carbonyl (C=O) groups excluding carboxylic acids is 1. The molecule has 0 bridgehead atoms. The molecule has 0 saturated carbocycles. The largest absolute Gasteiger partial charge is 0.364 e. The second kappa shape index (κ2) is 3.17. The first-order chi connectivity index (χ1) is 4.86. The van der Waals surface area contributed by atoms with Crippen molar-refractivity contribution < 1.29 is 9.53 Å². The smallest absolute Gasteiger partial charge is 0.151 e. The van der Waals surface area contributed by atoms with E-state index >= 15 is 0 Å². The van der Waals surface area contributed by atoms with Crippen LogP contribution in [0.3, 0.4) is 0 Å². The number of aromatic nitrogens is 1. The van der Waals surface area contributed by atoms with Gasteiger partial charge in [-0.2, -0.15) is 0 Å². The Hall–Kier alpha value is -1.09. The fraction of sp³-hybridized carbons (Fsp3) is 0.286. The van der Waals surface area contributed by atoms with Crippen molar-refractivity contribution in [3.05, 3.63) is 24.0 Å². The molecule has 0 aliphatic carbocycles. The van der Waals surface area contributed by atoms with E-state index in [9.17, 15) is 4.79 Å². The zero-order valence-electron chi connectivity index (χ0n) is 5.78. The first-order valence-electron chi connectivity index (χ1n) is 2.96. The number of rotatable bonds is 3. The molecule has 0 aromatic carbocycles. The second-order valence-electron chi connectivity index (χ2n) is 1.99. The molecule has 0 aliphatic rings. The molecule has 0 unspecified atom stereocenters. The zero-order chi connectivity index (χ0) is 7.40. The third-order valence-corrected chi connectivity index (χ3v) is 1.19. The molecular formula is C7H9NO2. The molecule has 1 aromatic rings. The van der Waals surface area contributed by atoms with Crippen LogP contribution >= 0.6 is 0 Å². The monoisotopic (exact) mass is 139 g/mol. The zero-order valence-corrected chi connectivity index (χ0v) is 5.78. The Kier molecular flexibility index (Phi) is 2.23. The number of aldehydes is 1. The van der Waals surface area contributed by atoms with E-state index in [-0.39, 0.29) is 0 Å². The fourth-order valence-corrected chi connectivity index (χ4v) is 0.758. The molecule has 0 N–H and O–H groups in total. The Morgan fingerprint density at radius 2 is 2.60 bits per heavy atom. The lowest BCUT2D eigenvalue weighted by atomic mass is 10.4. The summed E-state index contributed by atoms with van der Waals surface area (Å²) in [5.41, 5.74) is 0.678. The molecule has 1 heterocycles. The van der Waals surface area contributed by atoms with Gasteiger partial charge in [0, 0.05) is 25.1 Å². The Labute approximate surface area is 59.2 Å². The fourth-order valence-electron chi connectivity index (χ4n) is 0.758. The lowest BCUT2D eigenvalue weighted by molar-refractivity contribution is 0.112. The number of hydrogen-bond acceptors (Lipinski definition) is 2. The van der Waals surface area contributed by atoms with Gasteiger partial charge in [0.05, 0.1) is 0 Å². The normalized spacial score (nSPS) is 9.70. The van der Waals surface area contributed by atoms with Crippen molar-refractivity contribution in [2.24, 2.45) is 0 Å². The van der Waals surface area contributed by atoms with E-state index < -0.39 is 0 Å². The molecule has 54 valence electrons. The average Bonchev–Trinajstić information content (AvgIpc) is 2.37. The number of hydrogen-bond donors (Lipinski definition) is 0. The standard InChI is InChI=1S/C7H9NO2/c1-10-6-8-3-2-7(4-8)5-9/h2-5H,6H2,1H3. The summed E-state index contributed by atoms with van der Waals surface area (Å²) in [6, 6.07) is 1.74. The predicted molar refractivity (Wildman–Crippen MR) is 36.8 cm³/mol. The van der Waals surface area contributed by atoms with Crippen LogP contribution in [-0.4, -0.2) is 18.0 Å². The third kappa shape index (κ3) is 1.45. The summed E-state index contributed by atoms with van der Waals surface area (Å²) >= 11 is 0. The topological polar surface area (TPSA) is 31.2 Å². The highest BCUT2D eigenvalue weighted by molar-refractivity contribution is 5.74. The van der Waals surface area contributed by atoms with Gasteiger partial charge in [-0.25, -0.2) is 0 Å². The predicted octanol–water partition coefficient (Wildman–Crippen LogP) is 0.905. The molecule has 0 fully saturated rings. The van der Waals surface area contributed by atoms with Gasteiger partial charge in [0.2, 0.25) is 0 Å². The minimum atomic E-state index is 0.494. The van der Waals surface area contributed by atoms with Crippen molar-refractivity contribution in [3.8, 4) is 0 Å². The van der Waals surface area contributed by atoms with Crippen LogP contribution in [0.15, 0.2) is 18.5 Å². The Bertz CT molecular complexity index is 217. The molecular weight excluding hydrogens is 130 g/mol. The van der Waals surface area contributed by atoms with Crippen LogP contribution in [0.4, 0.5) is 0 Å². The summed E-state index contributed by atoms with van der Waals surface area (Å²) < 4.78 is 6.63. The summed E-state index contributed by atoms with van der Waals surface area (Å²) in [6.07, 6.45) is 4.34. The van der Waals surface area contributed by atoms with E-state index in [4.69, 9.17) is 4.74 Å². The van der Waals surface area contributed by atoms with Crippen LogP contribution < -0.4 is 0 Å². The molecule has 3 nitrogen and oxygen atoms in total. The van der Waals surface area contributed by atoms with Crippen molar-refractivity contribution >= 4 is 6.29 Å². The highest BCUT2D eigenvalue weighted by atomic mass is 16.5. The SMILES string of the molecule is COCn1ccc(C=O)c1. The number of carbonyl (C=O) groups is 1. The summed E-state index contributed by atoms with van der Waals surface area (Å²) in [6.45, 7) is 0.494. The Morgan fingerprint density at radius 1 is 1.80 bits per heavy atom. The highest BCUT2D eigenvalue weighted by Crippen LogP contribution is 1.96. The first kappa shape index (κ1) is 7.02. The molecule has 0 radical (unpaired) electrons. The maximum atomic E-state index is 10.2. The van der Waals surface area contributed by atoms with Crippen LogP contribution in [0, 0.1) is 0 Å². The van der Waals surface area contributed by atoms with Crippen LogP contribution in [0.25, 0.3) is 0 Å². The molecule has 0 spiro atoms.